The van der Waals surface area contributed by atoms with Crippen molar-refractivity contribution in [3.8, 4) is 0 Å². The van der Waals surface area contributed by atoms with Gasteiger partial charge in [0.25, 0.3) is 10.0 Å². The Morgan fingerprint density at radius 2 is 1.87 bits per heavy atom. The molecule has 0 fully saturated rings. The highest BCUT2D eigenvalue weighted by Crippen LogP contribution is 2.27. The van der Waals surface area contributed by atoms with Crippen molar-refractivity contribution in [1.82, 2.24) is 4.98 Å². The summed E-state index contributed by atoms with van der Waals surface area (Å²) in [5.41, 5.74) is 2.22. The van der Waals surface area contributed by atoms with Crippen molar-refractivity contribution in [3.63, 3.8) is 0 Å². The quantitative estimate of drug-likeness (QED) is 0.822. The molecular weight excluding hydrogens is 316 g/mol. The fraction of sp³-hybridized carbons (Fsp3) is 0.312. The van der Waals surface area contributed by atoms with E-state index in [1.54, 1.807) is 32.9 Å². The first-order valence-corrected chi connectivity index (χ1v) is 8.71. The maximum Gasteiger partial charge on any atom is 0.355 e. The van der Waals surface area contributed by atoms with Crippen LogP contribution in [-0.2, 0) is 14.8 Å². The number of hydrogen-bond acceptors (Lipinski definition) is 4. The number of anilines is 1. The van der Waals surface area contributed by atoms with Crippen LogP contribution in [0.25, 0.3) is 0 Å². The lowest BCUT2D eigenvalue weighted by atomic mass is 10.2. The van der Waals surface area contributed by atoms with Gasteiger partial charge in [0, 0.05) is 11.3 Å². The van der Waals surface area contributed by atoms with Gasteiger partial charge >= 0.3 is 5.97 Å². The van der Waals surface area contributed by atoms with Crippen molar-refractivity contribution in [2.75, 3.05) is 11.3 Å². The van der Waals surface area contributed by atoms with Gasteiger partial charge in [0.15, 0.2) is 0 Å². The number of sulfonamides is 1. The maximum absolute atomic E-state index is 12.7. The van der Waals surface area contributed by atoms with Gasteiger partial charge in [-0.15, -0.1) is 0 Å². The predicted molar refractivity (Wildman–Crippen MR) is 88.2 cm³/mol. The van der Waals surface area contributed by atoms with Crippen molar-refractivity contribution in [1.29, 1.82) is 0 Å². The predicted octanol–water partition coefficient (Wildman–Crippen LogP) is 2.92. The number of benzene rings is 1. The van der Waals surface area contributed by atoms with E-state index < -0.39 is 16.0 Å². The Morgan fingerprint density at radius 3 is 2.48 bits per heavy atom. The molecule has 1 aromatic heterocycles. The van der Waals surface area contributed by atoms with Crippen LogP contribution < -0.4 is 4.72 Å². The van der Waals surface area contributed by atoms with Gasteiger partial charge in [-0.3, -0.25) is 4.72 Å². The average Bonchev–Trinajstić information content (AvgIpc) is 2.77. The number of aromatic amines is 1. The third kappa shape index (κ3) is 3.39. The summed E-state index contributed by atoms with van der Waals surface area (Å²) < 4.78 is 32.9. The number of para-hydroxylation sites is 1. The van der Waals surface area contributed by atoms with E-state index in [4.69, 9.17) is 4.74 Å². The number of ether oxygens (including phenoxy) is 1. The highest BCUT2D eigenvalue weighted by Gasteiger charge is 2.27. The molecule has 0 unspecified atom stereocenters. The minimum atomic E-state index is -3.81. The summed E-state index contributed by atoms with van der Waals surface area (Å²) in [5.74, 6) is -0.564. The summed E-state index contributed by atoms with van der Waals surface area (Å²) >= 11 is 0. The van der Waals surface area contributed by atoms with E-state index >= 15 is 0 Å². The van der Waals surface area contributed by atoms with E-state index in [0.717, 1.165) is 5.56 Å². The molecule has 2 rings (SSSR count). The molecule has 0 saturated heterocycles. The molecule has 1 aromatic carbocycles. The first kappa shape index (κ1) is 17.1. The Hall–Kier alpha value is -2.28. The van der Waals surface area contributed by atoms with Crippen LogP contribution in [0.3, 0.4) is 0 Å². The molecule has 0 amide bonds. The third-order valence-corrected chi connectivity index (χ3v) is 5.14. The van der Waals surface area contributed by atoms with E-state index in [9.17, 15) is 13.2 Å². The van der Waals surface area contributed by atoms with Crippen molar-refractivity contribution in [2.24, 2.45) is 0 Å². The largest absolute Gasteiger partial charge is 0.461 e. The summed E-state index contributed by atoms with van der Waals surface area (Å²) in [6.07, 6.45) is 0. The smallest absolute Gasteiger partial charge is 0.355 e. The number of rotatable bonds is 5. The number of nitrogens with one attached hydrogen (secondary N) is 2. The summed E-state index contributed by atoms with van der Waals surface area (Å²) in [5, 5.41) is 0. The van der Waals surface area contributed by atoms with Gasteiger partial charge in [0.1, 0.15) is 10.6 Å². The summed E-state index contributed by atoms with van der Waals surface area (Å²) in [6.45, 7) is 6.93. The summed E-state index contributed by atoms with van der Waals surface area (Å²) in [7, 11) is -3.81. The standard InChI is InChI=1S/C16H20N2O4S/c1-5-22-16(19)14-11(3)15(12(4)17-14)23(20,21)18-13-9-7-6-8-10(13)2/h6-9,17-18H,5H2,1-4H3. The lowest BCUT2D eigenvalue weighted by molar-refractivity contribution is 0.0519. The zero-order chi connectivity index (χ0) is 17.2. The average molecular weight is 336 g/mol. The first-order chi connectivity index (χ1) is 10.8. The molecule has 1 heterocycles. The monoisotopic (exact) mass is 336 g/mol. The second-order valence-corrected chi connectivity index (χ2v) is 6.84. The molecule has 0 radical (unpaired) electrons. The van der Waals surface area contributed by atoms with E-state index in [1.165, 1.54) is 0 Å². The van der Waals surface area contributed by atoms with E-state index in [2.05, 4.69) is 9.71 Å². The fourth-order valence-electron chi connectivity index (χ4n) is 2.43. The van der Waals surface area contributed by atoms with Gasteiger partial charge in [-0.2, -0.15) is 0 Å². The van der Waals surface area contributed by atoms with Crippen molar-refractivity contribution in [3.05, 3.63) is 46.8 Å². The highest BCUT2D eigenvalue weighted by atomic mass is 32.2. The van der Waals surface area contributed by atoms with Crippen molar-refractivity contribution < 1.29 is 17.9 Å². The number of aryl methyl sites for hydroxylation is 2. The number of carbonyl (C=O) groups is 1. The van der Waals surface area contributed by atoms with Crippen LogP contribution in [0.2, 0.25) is 0 Å². The molecular formula is C16H20N2O4S. The molecule has 6 nitrogen and oxygen atoms in total. The number of esters is 1. The van der Waals surface area contributed by atoms with Gasteiger partial charge in [0.2, 0.25) is 0 Å². The van der Waals surface area contributed by atoms with Gasteiger partial charge in [-0.05, 0) is 39.3 Å². The molecule has 0 bridgehead atoms. The van der Waals surface area contributed by atoms with Crippen LogP contribution in [-0.4, -0.2) is 26.0 Å². The lowest BCUT2D eigenvalue weighted by Crippen LogP contribution is -2.15. The molecule has 124 valence electrons. The van der Waals surface area contributed by atoms with E-state index in [-0.39, 0.29) is 17.2 Å². The van der Waals surface area contributed by atoms with Crippen LogP contribution in [0, 0.1) is 20.8 Å². The molecule has 0 saturated carbocycles. The molecule has 0 aliphatic carbocycles. The summed E-state index contributed by atoms with van der Waals surface area (Å²) in [4.78, 5) is 14.8. The van der Waals surface area contributed by atoms with Crippen LogP contribution in [0.5, 0.6) is 0 Å². The molecule has 7 heteroatoms. The van der Waals surface area contributed by atoms with Crippen molar-refractivity contribution in [2.45, 2.75) is 32.6 Å². The highest BCUT2D eigenvalue weighted by molar-refractivity contribution is 7.92. The molecule has 0 atom stereocenters. The minimum absolute atomic E-state index is 0.0730. The Labute approximate surface area is 135 Å². The van der Waals surface area contributed by atoms with Crippen LogP contribution >= 0.6 is 0 Å². The fourth-order valence-corrected chi connectivity index (χ4v) is 4.01. The Morgan fingerprint density at radius 1 is 1.22 bits per heavy atom. The number of aromatic nitrogens is 1. The topological polar surface area (TPSA) is 88.3 Å². The molecule has 2 aromatic rings. The zero-order valence-electron chi connectivity index (χ0n) is 13.6. The van der Waals surface area contributed by atoms with E-state index in [1.807, 2.05) is 19.1 Å². The number of hydrogen-bond donors (Lipinski definition) is 2. The van der Waals surface area contributed by atoms with Gasteiger partial charge < -0.3 is 9.72 Å². The zero-order valence-corrected chi connectivity index (χ0v) is 14.4. The van der Waals surface area contributed by atoms with Crippen molar-refractivity contribution >= 4 is 21.7 Å². The summed E-state index contributed by atoms with van der Waals surface area (Å²) in [6, 6.07) is 7.10. The molecule has 0 aliphatic heterocycles. The van der Waals surface area contributed by atoms with Gasteiger partial charge in [0.05, 0.1) is 12.3 Å². The first-order valence-electron chi connectivity index (χ1n) is 7.22. The molecule has 23 heavy (non-hydrogen) atoms. The number of carbonyl (C=O) groups excluding carboxylic acids is 1. The van der Waals surface area contributed by atoms with Crippen LogP contribution in [0.15, 0.2) is 29.2 Å². The second-order valence-electron chi connectivity index (χ2n) is 5.22. The SMILES string of the molecule is CCOC(=O)c1[nH]c(C)c(S(=O)(=O)Nc2ccccc2C)c1C. The minimum Gasteiger partial charge on any atom is -0.461 e. The Kier molecular flexibility index (Phi) is 4.79. The van der Waals surface area contributed by atoms with Gasteiger partial charge in [-0.1, -0.05) is 18.2 Å². The molecule has 0 aliphatic rings. The molecule has 0 spiro atoms. The normalized spacial score (nSPS) is 11.3. The maximum atomic E-state index is 12.7. The second kappa shape index (κ2) is 6.45. The lowest BCUT2D eigenvalue weighted by Gasteiger charge is -2.11. The Bertz CT molecular complexity index is 838. The molecule has 2 N–H and O–H groups in total. The number of H-pyrrole nitrogens is 1. The van der Waals surface area contributed by atoms with Crippen LogP contribution in [0.1, 0.15) is 34.2 Å². The Balaban J connectivity index is 2.45. The van der Waals surface area contributed by atoms with E-state index in [0.29, 0.717) is 16.9 Å². The van der Waals surface area contributed by atoms with Gasteiger partial charge in [-0.25, -0.2) is 13.2 Å². The third-order valence-electron chi connectivity index (χ3n) is 3.51. The van der Waals surface area contributed by atoms with Crippen LogP contribution in [0.4, 0.5) is 5.69 Å².